The maximum atomic E-state index is 12.3. The maximum absolute atomic E-state index is 12.3. The number of nitrogens with zero attached hydrogens (tertiary/aromatic N) is 1. The van der Waals surface area contributed by atoms with Crippen LogP contribution in [0.15, 0.2) is 32.9 Å². The van der Waals surface area contributed by atoms with Gasteiger partial charge < -0.3 is 5.73 Å². The first-order valence-corrected chi connectivity index (χ1v) is 8.94. The highest BCUT2D eigenvalue weighted by Gasteiger charge is 2.22. The fourth-order valence-corrected chi connectivity index (χ4v) is 4.26. The summed E-state index contributed by atoms with van der Waals surface area (Å²) in [5.41, 5.74) is 6.84. The van der Waals surface area contributed by atoms with E-state index in [1.807, 2.05) is 12.3 Å². The van der Waals surface area contributed by atoms with E-state index in [4.69, 9.17) is 5.73 Å². The standard InChI is InChI=1S/C12H14BrN3O2S2/c1-7-6-19-12(15-7)8(2)16-20(17,18)11-4-3-9(13)5-10(11)14/h3-6,8,16H,14H2,1-2H3. The van der Waals surface area contributed by atoms with Crippen molar-refractivity contribution in [1.82, 2.24) is 9.71 Å². The third-order valence-corrected chi connectivity index (χ3v) is 5.85. The molecule has 1 heterocycles. The van der Waals surface area contributed by atoms with Crippen molar-refractivity contribution < 1.29 is 8.42 Å². The van der Waals surface area contributed by atoms with Crippen molar-refractivity contribution in [2.24, 2.45) is 0 Å². The molecule has 0 saturated carbocycles. The molecule has 0 aliphatic rings. The van der Waals surface area contributed by atoms with Gasteiger partial charge in [0, 0.05) is 15.5 Å². The Balaban J connectivity index is 2.27. The lowest BCUT2D eigenvalue weighted by atomic mass is 10.3. The van der Waals surface area contributed by atoms with Gasteiger partial charge in [-0.3, -0.25) is 0 Å². The Morgan fingerprint density at radius 1 is 1.45 bits per heavy atom. The normalized spacial score (nSPS) is 13.3. The minimum atomic E-state index is -3.68. The second-order valence-electron chi connectivity index (χ2n) is 4.35. The fraction of sp³-hybridized carbons (Fsp3) is 0.250. The van der Waals surface area contributed by atoms with Crippen LogP contribution in [0, 0.1) is 6.92 Å². The molecule has 2 rings (SSSR count). The fourth-order valence-electron chi connectivity index (χ4n) is 1.68. The summed E-state index contributed by atoms with van der Waals surface area (Å²) in [6.07, 6.45) is 0. The van der Waals surface area contributed by atoms with Crippen molar-refractivity contribution in [1.29, 1.82) is 0 Å². The van der Waals surface area contributed by atoms with Crippen molar-refractivity contribution in [2.45, 2.75) is 24.8 Å². The van der Waals surface area contributed by atoms with E-state index in [9.17, 15) is 8.42 Å². The topological polar surface area (TPSA) is 85.1 Å². The number of thiazole rings is 1. The van der Waals surface area contributed by atoms with E-state index in [1.165, 1.54) is 17.4 Å². The quantitative estimate of drug-likeness (QED) is 0.804. The van der Waals surface area contributed by atoms with Gasteiger partial charge in [-0.2, -0.15) is 0 Å². The number of nitrogens with one attached hydrogen (secondary N) is 1. The first kappa shape index (κ1) is 15.4. The number of hydrogen-bond donors (Lipinski definition) is 2. The number of rotatable bonds is 4. The average Bonchev–Trinajstić information content (AvgIpc) is 2.74. The van der Waals surface area contributed by atoms with Gasteiger partial charge in [0.25, 0.3) is 0 Å². The molecule has 0 bridgehead atoms. The van der Waals surface area contributed by atoms with Crippen LogP contribution in [0.5, 0.6) is 0 Å². The summed E-state index contributed by atoms with van der Waals surface area (Å²) in [7, 11) is -3.68. The highest BCUT2D eigenvalue weighted by molar-refractivity contribution is 9.10. The number of sulfonamides is 1. The molecule has 20 heavy (non-hydrogen) atoms. The Morgan fingerprint density at radius 2 is 2.15 bits per heavy atom. The lowest BCUT2D eigenvalue weighted by Crippen LogP contribution is -2.27. The zero-order chi connectivity index (χ0) is 14.9. The van der Waals surface area contributed by atoms with Crippen LogP contribution in [0.4, 0.5) is 5.69 Å². The molecule has 1 atom stereocenters. The summed E-state index contributed by atoms with van der Waals surface area (Å²) in [5, 5.41) is 2.61. The van der Waals surface area contributed by atoms with Gasteiger partial charge in [0.1, 0.15) is 9.90 Å². The molecule has 0 amide bonds. The summed E-state index contributed by atoms with van der Waals surface area (Å²) in [6, 6.07) is 4.28. The van der Waals surface area contributed by atoms with Gasteiger partial charge in [0.2, 0.25) is 10.0 Å². The lowest BCUT2D eigenvalue weighted by Gasteiger charge is -2.13. The Morgan fingerprint density at radius 3 is 2.70 bits per heavy atom. The summed E-state index contributed by atoms with van der Waals surface area (Å²) in [4.78, 5) is 4.35. The minimum absolute atomic E-state index is 0.0702. The van der Waals surface area contributed by atoms with Crippen LogP contribution in [0.2, 0.25) is 0 Å². The average molecular weight is 376 g/mol. The van der Waals surface area contributed by atoms with Crippen LogP contribution < -0.4 is 10.5 Å². The van der Waals surface area contributed by atoms with Crippen LogP contribution in [0.3, 0.4) is 0 Å². The number of aryl methyl sites for hydroxylation is 1. The number of hydrogen-bond acceptors (Lipinski definition) is 5. The lowest BCUT2D eigenvalue weighted by molar-refractivity contribution is 0.566. The van der Waals surface area contributed by atoms with Gasteiger partial charge in [-0.25, -0.2) is 18.1 Å². The summed E-state index contributed by atoms with van der Waals surface area (Å²) in [5.74, 6) is 0. The predicted molar refractivity (Wildman–Crippen MR) is 84.1 cm³/mol. The van der Waals surface area contributed by atoms with E-state index >= 15 is 0 Å². The molecule has 3 N–H and O–H groups in total. The van der Waals surface area contributed by atoms with E-state index < -0.39 is 16.1 Å². The van der Waals surface area contributed by atoms with E-state index in [0.29, 0.717) is 0 Å². The van der Waals surface area contributed by atoms with Crippen molar-refractivity contribution in [3.63, 3.8) is 0 Å². The third kappa shape index (κ3) is 3.38. The zero-order valence-corrected chi connectivity index (χ0v) is 14.1. The van der Waals surface area contributed by atoms with Crippen LogP contribution >= 0.6 is 27.3 Å². The Kier molecular flexibility index (Phi) is 4.48. The van der Waals surface area contributed by atoms with Crippen LogP contribution in [-0.2, 0) is 10.0 Å². The van der Waals surface area contributed by atoms with Gasteiger partial charge in [-0.05, 0) is 32.0 Å². The van der Waals surface area contributed by atoms with Crippen LogP contribution in [0.25, 0.3) is 0 Å². The first-order chi connectivity index (χ1) is 9.29. The van der Waals surface area contributed by atoms with E-state index in [0.717, 1.165) is 15.2 Å². The van der Waals surface area contributed by atoms with Crippen LogP contribution in [-0.4, -0.2) is 13.4 Å². The number of benzene rings is 1. The Labute approximate surface area is 130 Å². The zero-order valence-electron chi connectivity index (χ0n) is 10.9. The molecule has 2 aromatic rings. The molecule has 0 fully saturated rings. The molecule has 1 unspecified atom stereocenters. The largest absolute Gasteiger partial charge is 0.398 e. The molecule has 0 aliphatic heterocycles. The molecule has 1 aromatic carbocycles. The molecule has 108 valence electrons. The summed E-state index contributed by atoms with van der Waals surface area (Å²) >= 11 is 4.67. The van der Waals surface area contributed by atoms with E-state index in [2.05, 4.69) is 25.6 Å². The molecular weight excluding hydrogens is 362 g/mol. The smallest absolute Gasteiger partial charge is 0.243 e. The number of anilines is 1. The van der Waals surface area contributed by atoms with Crippen molar-refractivity contribution in [3.05, 3.63) is 38.8 Å². The molecule has 5 nitrogen and oxygen atoms in total. The Bertz CT molecular complexity index is 728. The number of nitrogen functional groups attached to an aromatic ring is 1. The Hall–Kier alpha value is -0.960. The molecule has 8 heteroatoms. The van der Waals surface area contributed by atoms with E-state index in [1.54, 1.807) is 19.1 Å². The van der Waals surface area contributed by atoms with Gasteiger partial charge in [-0.15, -0.1) is 11.3 Å². The highest BCUT2D eigenvalue weighted by atomic mass is 79.9. The SMILES string of the molecule is Cc1csc(C(C)NS(=O)(=O)c2ccc(Br)cc2N)n1. The molecule has 0 spiro atoms. The second kappa shape index (κ2) is 5.80. The number of halogens is 1. The molecule has 0 radical (unpaired) electrons. The van der Waals surface area contributed by atoms with Crippen molar-refractivity contribution in [3.8, 4) is 0 Å². The maximum Gasteiger partial charge on any atom is 0.243 e. The monoisotopic (exact) mass is 375 g/mol. The van der Waals surface area contributed by atoms with Gasteiger partial charge in [-0.1, -0.05) is 15.9 Å². The van der Waals surface area contributed by atoms with Crippen molar-refractivity contribution in [2.75, 3.05) is 5.73 Å². The number of aromatic nitrogens is 1. The summed E-state index contributed by atoms with van der Waals surface area (Å²) < 4.78 is 28.0. The number of nitrogens with two attached hydrogens (primary N) is 1. The molecule has 1 aromatic heterocycles. The highest BCUT2D eigenvalue weighted by Crippen LogP contribution is 2.25. The third-order valence-electron chi connectivity index (χ3n) is 2.60. The second-order valence-corrected chi connectivity index (χ2v) is 7.84. The van der Waals surface area contributed by atoms with Gasteiger partial charge in [0.15, 0.2) is 0 Å². The predicted octanol–water partition coefficient (Wildman–Crippen LogP) is 2.84. The van der Waals surface area contributed by atoms with E-state index in [-0.39, 0.29) is 10.6 Å². The van der Waals surface area contributed by atoms with Crippen LogP contribution in [0.1, 0.15) is 23.7 Å². The van der Waals surface area contributed by atoms with Gasteiger partial charge >= 0.3 is 0 Å². The summed E-state index contributed by atoms with van der Waals surface area (Å²) in [6.45, 7) is 3.62. The molecule has 0 aliphatic carbocycles. The van der Waals surface area contributed by atoms with Gasteiger partial charge in [0.05, 0.1) is 11.7 Å². The minimum Gasteiger partial charge on any atom is -0.398 e. The molecule has 0 saturated heterocycles. The molecular formula is C12H14BrN3O2S2. The van der Waals surface area contributed by atoms with Crippen molar-refractivity contribution >= 4 is 43.0 Å². The first-order valence-electron chi connectivity index (χ1n) is 5.79.